The fraction of sp³-hybridized carbons (Fsp3) is 0.818. The largest absolute Gasteiger partial charge is 0.481 e. The van der Waals surface area contributed by atoms with Crippen LogP contribution in [0.1, 0.15) is 38.5 Å². The summed E-state index contributed by atoms with van der Waals surface area (Å²) in [5.74, 6) is -1.15. The van der Waals surface area contributed by atoms with E-state index in [4.69, 9.17) is 5.11 Å². The molecule has 0 saturated heterocycles. The van der Waals surface area contributed by atoms with Crippen LogP contribution in [0, 0.1) is 5.41 Å². The summed E-state index contributed by atoms with van der Waals surface area (Å²) in [5.41, 5.74) is -0.877. The summed E-state index contributed by atoms with van der Waals surface area (Å²) in [6.45, 7) is 0.0698. The Bertz CT molecular complexity index is 259. The zero-order valence-electron chi connectivity index (χ0n) is 9.37. The van der Waals surface area contributed by atoms with Crippen molar-refractivity contribution in [2.75, 3.05) is 13.2 Å². The van der Waals surface area contributed by atoms with Crippen LogP contribution in [0.3, 0.4) is 0 Å². The average molecular weight is 229 g/mol. The van der Waals surface area contributed by atoms with Crippen molar-refractivity contribution in [3.8, 4) is 0 Å². The fourth-order valence-electron chi connectivity index (χ4n) is 2.26. The molecule has 1 fully saturated rings. The van der Waals surface area contributed by atoms with Gasteiger partial charge in [0.15, 0.2) is 0 Å². The standard InChI is InChI=1S/C11H19NO4/c13-7-6-12-9(14)8-11(10(15)16)4-2-1-3-5-11/h13H,1-8H2,(H,12,14)(H,15,16). The van der Waals surface area contributed by atoms with E-state index in [1.807, 2.05) is 0 Å². The molecule has 0 heterocycles. The number of aliphatic carboxylic acids is 1. The van der Waals surface area contributed by atoms with Crippen LogP contribution in [-0.4, -0.2) is 35.2 Å². The number of amides is 1. The van der Waals surface area contributed by atoms with Gasteiger partial charge in [0.25, 0.3) is 0 Å². The Morgan fingerprint density at radius 2 is 1.81 bits per heavy atom. The van der Waals surface area contributed by atoms with E-state index >= 15 is 0 Å². The highest BCUT2D eigenvalue weighted by Gasteiger charge is 2.41. The highest BCUT2D eigenvalue weighted by Crippen LogP contribution is 2.39. The first-order valence-electron chi connectivity index (χ1n) is 5.72. The third-order valence-corrected chi connectivity index (χ3v) is 3.20. The maximum absolute atomic E-state index is 11.5. The third kappa shape index (κ3) is 3.20. The average Bonchev–Trinajstić information content (AvgIpc) is 2.27. The van der Waals surface area contributed by atoms with Gasteiger partial charge < -0.3 is 15.5 Å². The topological polar surface area (TPSA) is 86.6 Å². The van der Waals surface area contributed by atoms with E-state index in [-0.39, 0.29) is 25.5 Å². The van der Waals surface area contributed by atoms with Crippen molar-refractivity contribution < 1.29 is 19.8 Å². The maximum Gasteiger partial charge on any atom is 0.310 e. The van der Waals surface area contributed by atoms with Crippen LogP contribution < -0.4 is 5.32 Å². The highest BCUT2D eigenvalue weighted by molar-refractivity contribution is 5.85. The molecule has 1 rings (SSSR count). The molecule has 1 aliphatic rings. The Labute approximate surface area is 94.8 Å². The Balaban J connectivity index is 2.56. The highest BCUT2D eigenvalue weighted by atomic mass is 16.4. The molecule has 1 saturated carbocycles. The third-order valence-electron chi connectivity index (χ3n) is 3.20. The van der Waals surface area contributed by atoms with Crippen molar-refractivity contribution in [1.29, 1.82) is 0 Å². The first-order valence-corrected chi connectivity index (χ1v) is 5.72. The van der Waals surface area contributed by atoms with Gasteiger partial charge in [0.05, 0.1) is 12.0 Å². The van der Waals surface area contributed by atoms with Gasteiger partial charge in [-0.1, -0.05) is 19.3 Å². The number of hydrogen-bond donors (Lipinski definition) is 3. The second-order valence-electron chi connectivity index (χ2n) is 4.40. The number of hydrogen-bond acceptors (Lipinski definition) is 3. The molecule has 0 bridgehead atoms. The molecule has 0 radical (unpaired) electrons. The van der Waals surface area contributed by atoms with Gasteiger partial charge in [-0.2, -0.15) is 0 Å². The normalized spacial score (nSPS) is 19.1. The van der Waals surface area contributed by atoms with E-state index in [1.165, 1.54) is 0 Å². The lowest BCUT2D eigenvalue weighted by atomic mass is 9.71. The molecule has 0 unspecified atom stereocenters. The molecule has 5 nitrogen and oxygen atoms in total. The van der Waals surface area contributed by atoms with Gasteiger partial charge in [-0.3, -0.25) is 9.59 Å². The molecule has 3 N–H and O–H groups in total. The summed E-state index contributed by atoms with van der Waals surface area (Å²) in [5, 5.41) is 20.3. The van der Waals surface area contributed by atoms with Crippen molar-refractivity contribution in [2.24, 2.45) is 5.41 Å². The van der Waals surface area contributed by atoms with Gasteiger partial charge in [-0.15, -0.1) is 0 Å². The molecular formula is C11H19NO4. The van der Waals surface area contributed by atoms with Crippen LogP contribution in [0.15, 0.2) is 0 Å². The van der Waals surface area contributed by atoms with Crippen LogP contribution in [0.25, 0.3) is 0 Å². The molecule has 1 aliphatic carbocycles. The first kappa shape index (κ1) is 13.0. The number of carbonyl (C=O) groups excluding carboxylic acids is 1. The zero-order valence-corrected chi connectivity index (χ0v) is 9.37. The number of carboxylic acids is 1. The SMILES string of the molecule is O=C(CC1(C(=O)O)CCCCC1)NCCO. The number of carboxylic acid groups (broad SMARTS) is 1. The minimum absolute atomic E-state index is 0.0301. The molecule has 0 spiro atoms. The second kappa shape index (κ2) is 5.84. The van der Waals surface area contributed by atoms with Crippen molar-refractivity contribution in [2.45, 2.75) is 38.5 Å². The number of aliphatic hydroxyl groups is 1. The Hall–Kier alpha value is -1.10. The minimum Gasteiger partial charge on any atom is -0.481 e. The molecule has 0 atom stereocenters. The number of aliphatic hydroxyl groups excluding tert-OH is 1. The van der Waals surface area contributed by atoms with Crippen molar-refractivity contribution in [3.05, 3.63) is 0 Å². The molecule has 0 aliphatic heterocycles. The lowest BCUT2D eigenvalue weighted by molar-refractivity contribution is -0.154. The van der Waals surface area contributed by atoms with Crippen LogP contribution in [0.2, 0.25) is 0 Å². The molecule has 92 valence electrons. The van der Waals surface area contributed by atoms with Crippen LogP contribution in [-0.2, 0) is 9.59 Å². The van der Waals surface area contributed by atoms with Crippen LogP contribution >= 0.6 is 0 Å². The maximum atomic E-state index is 11.5. The number of rotatable bonds is 5. The second-order valence-corrected chi connectivity index (χ2v) is 4.40. The van der Waals surface area contributed by atoms with Gasteiger partial charge in [0.1, 0.15) is 0 Å². The van der Waals surface area contributed by atoms with Gasteiger partial charge >= 0.3 is 5.97 Å². The van der Waals surface area contributed by atoms with Crippen molar-refractivity contribution >= 4 is 11.9 Å². The van der Waals surface area contributed by atoms with Gasteiger partial charge in [-0.05, 0) is 12.8 Å². The monoisotopic (exact) mass is 229 g/mol. The van der Waals surface area contributed by atoms with Gasteiger partial charge in [0, 0.05) is 13.0 Å². The Kier molecular flexibility index (Phi) is 4.73. The van der Waals surface area contributed by atoms with Crippen molar-refractivity contribution in [3.63, 3.8) is 0 Å². The van der Waals surface area contributed by atoms with Crippen LogP contribution in [0.5, 0.6) is 0 Å². The van der Waals surface area contributed by atoms with E-state index in [0.717, 1.165) is 19.3 Å². The van der Waals surface area contributed by atoms with Crippen LogP contribution in [0.4, 0.5) is 0 Å². The number of nitrogens with one attached hydrogen (secondary N) is 1. The molecule has 0 aromatic carbocycles. The molecule has 5 heteroatoms. The summed E-state index contributed by atoms with van der Waals surface area (Å²) in [6, 6.07) is 0. The Morgan fingerprint density at radius 3 is 2.31 bits per heavy atom. The van der Waals surface area contributed by atoms with E-state index < -0.39 is 11.4 Å². The Morgan fingerprint density at radius 1 is 1.19 bits per heavy atom. The zero-order chi connectivity index (χ0) is 12.0. The van der Waals surface area contributed by atoms with Gasteiger partial charge in [-0.25, -0.2) is 0 Å². The lowest BCUT2D eigenvalue weighted by Gasteiger charge is -2.32. The quantitative estimate of drug-likeness (QED) is 0.641. The minimum atomic E-state index is -0.877. The lowest BCUT2D eigenvalue weighted by Crippen LogP contribution is -2.39. The molecule has 1 amide bonds. The summed E-state index contributed by atoms with van der Waals surface area (Å²) in [4.78, 5) is 22.8. The summed E-state index contributed by atoms with van der Waals surface area (Å²) < 4.78 is 0. The van der Waals surface area contributed by atoms with Gasteiger partial charge in [0.2, 0.25) is 5.91 Å². The first-order chi connectivity index (χ1) is 7.60. The molecular weight excluding hydrogens is 210 g/mol. The summed E-state index contributed by atoms with van der Waals surface area (Å²) >= 11 is 0. The summed E-state index contributed by atoms with van der Waals surface area (Å²) in [6.07, 6.45) is 3.98. The van der Waals surface area contributed by atoms with E-state index in [1.54, 1.807) is 0 Å². The summed E-state index contributed by atoms with van der Waals surface area (Å²) in [7, 11) is 0. The predicted octanol–water partition coefficient (Wildman–Crippen LogP) is 0.520. The van der Waals surface area contributed by atoms with E-state index in [0.29, 0.717) is 12.8 Å². The fourth-order valence-corrected chi connectivity index (χ4v) is 2.26. The molecule has 16 heavy (non-hydrogen) atoms. The van der Waals surface area contributed by atoms with E-state index in [2.05, 4.69) is 5.32 Å². The number of carbonyl (C=O) groups is 2. The van der Waals surface area contributed by atoms with Crippen molar-refractivity contribution in [1.82, 2.24) is 5.32 Å². The predicted molar refractivity (Wildman–Crippen MR) is 57.9 cm³/mol. The smallest absolute Gasteiger partial charge is 0.310 e. The molecule has 0 aromatic rings. The van der Waals surface area contributed by atoms with E-state index in [9.17, 15) is 14.7 Å². The molecule has 0 aromatic heterocycles.